The molecule has 0 spiro atoms. The molecule has 1 aliphatic rings. The van der Waals surface area contributed by atoms with Crippen LogP contribution in [0, 0.1) is 17.0 Å². The quantitative estimate of drug-likeness (QED) is 0.465. The van der Waals surface area contributed by atoms with Gasteiger partial charge in [0, 0.05) is 23.4 Å². The first kappa shape index (κ1) is 14.7. The zero-order valence-corrected chi connectivity index (χ0v) is 11.2. The summed E-state index contributed by atoms with van der Waals surface area (Å²) in [6, 6.07) is 4.42. The number of anilines is 1. The number of benzene rings is 1. The lowest BCUT2D eigenvalue weighted by Gasteiger charge is -2.13. The Morgan fingerprint density at radius 1 is 1.38 bits per heavy atom. The highest BCUT2D eigenvalue weighted by atomic mass is 16.6. The second-order valence-corrected chi connectivity index (χ2v) is 4.46. The van der Waals surface area contributed by atoms with Crippen LogP contribution in [0.2, 0.25) is 0 Å². The van der Waals surface area contributed by atoms with Gasteiger partial charge in [-0.2, -0.15) is 0 Å². The van der Waals surface area contributed by atoms with Gasteiger partial charge in [-0.1, -0.05) is 6.07 Å². The van der Waals surface area contributed by atoms with Gasteiger partial charge in [0.1, 0.15) is 5.70 Å². The molecule has 2 rings (SSSR count). The molecule has 21 heavy (non-hydrogen) atoms. The number of nitrogens with zero attached hydrogens (tertiary/aromatic N) is 2. The fraction of sp³-hybridized carbons (Fsp3) is 0.231. The summed E-state index contributed by atoms with van der Waals surface area (Å²) in [5, 5.41) is 22.4. The first-order chi connectivity index (χ1) is 9.93. The molecule has 8 nitrogen and oxygen atoms in total. The lowest BCUT2D eigenvalue weighted by Crippen LogP contribution is -2.34. The van der Waals surface area contributed by atoms with E-state index in [4.69, 9.17) is 5.11 Å². The van der Waals surface area contributed by atoms with E-state index in [2.05, 4.69) is 5.32 Å². The standard InChI is InChI=1S/C13H13N3O5/c1-8-2-3-9(6-11(8)16(20)21)14-10-7-12(18)15(4-5-17)13(10)19/h2-3,6-7,14,17H,4-5H2,1H3. The van der Waals surface area contributed by atoms with Crippen LogP contribution in [-0.4, -0.2) is 39.9 Å². The van der Waals surface area contributed by atoms with Crippen LogP contribution in [0.5, 0.6) is 0 Å². The molecule has 2 amide bonds. The van der Waals surface area contributed by atoms with E-state index in [1.165, 1.54) is 6.07 Å². The highest BCUT2D eigenvalue weighted by Crippen LogP contribution is 2.24. The topological polar surface area (TPSA) is 113 Å². The maximum Gasteiger partial charge on any atom is 0.277 e. The zero-order chi connectivity index (χ0) is 15.6. The smallest absolute Gasteiger partial charge is 0.277 e. The Balaban J connectivity index is 2.22. The van der Waals surface area contributed by atoms with Crippen molar-refractivity contribution in [1.82, 2.24) is 4.90 Å². The molecule has 0 fully saturated rings. The van der Waals surface area contributed by atoms with Gasteiger partial charge >= 0.3 is 0 Å². The Morgan fingerprint density at radius 3 is 2.71 bits per heavy atom. The van der Waals surface area contributed by atoms with Crippen molar-refractivity contribution in [1.29, 1.82) is 0 Å². The average Bonchev–Trinajstić information content (AvgIpc) is 2.69. The average molecular weight is 291 g/mol. The molecular weight excluding hydrogens is 278 g/mol. The molecule has 0 unspecified atom stereocenters. The lowest BCUT2D eigenvalue weighted by molar-refractivity contribution is -0.385. The number of β-amino-alcohol motifs (C(OH)–C–C–N with tert-alkyl or cyclic N) is 1. The normalized spacial score (nSPS) is 14.4. The summed E-state index contributed by atoms with van der Waals surface area (Å²) in [5.41, 5.74) is 0.775. The van der Waals surface area contributed by atoms with Gasteiger partial charge in [-0.15, -0.1) is 0 Å². The molecule has 0 atom stereocenters. The molecule has 1 heterocycles. The SMILES string of the molecule is Cc1ccc(NC2=CC(=O)N(CCO)C2=O)cc1[N+](=O)[O-]. The van der Waals surface area contributed by atoms with Crippen molar-refractivity contribution in [3.05, 3.63) is 45.6 Å². The summed E-state index contributed by atoms with van der Waals surface area (Å²) in [6.07, 6.45) is 1.10. The maximum atomic E-state index is 11.9. The van der Waals surface area contributed by atoms with Gasteiger partial charge in [-0.05, 0) is 13.0 Å². The first-order valence-electron chi connectivity index (χ1n) is 6.14. The second-order valence-electron chi connectivity index (χ2n) is 4.46. The van der Waals surface area contributed by atoms with Crippen molar-refractivity contribution in [2.75, 3.05) is 18.5 Å². The molecule has 0 saturated carbocycles. The third-order valence-electron chi connectivity index (χ3n) is 3.02. The Hall–Kier alpha value is -2.74. The predicted molar refractivity (Wildman–Crippen MR) is 73.3 cm³/mol. The minimum Gasteiger partial charge on any atom is -0.395 e. The number of amides is 2. The van der Waals surface area contributed by atoms with Gasteiger partial charge in [-0.3, -0.25) is 24.6 Å². The largest absolute Gasteiger partial charge is 0.395 e. The monoisotopic (exact) mass is 291 g/mol. The van der Waals surface area contributed by atoms with Crippen LogP contribution in [0.25, 0.3) is 0 Å². The number of hydrogen-bond acceptors (Lipinski definition) is 6. The van der Waals surface area contributed by atoms with Crippen molar-refractivity contribution in [2.45, 2.75) is 6.92 Å². The first-order valence-corrected chi connectivity index (χ1v) is 6.14. The van der Waals surface area contributed by atoms with E-state index >= 15 is 0 Å². The van der Waals surface area contributed by atoms with Gasteiger partial charge in [0.15, 0.2) is 0 Å². The molecule has 0 radical (unpaired) electrons. The van der Waals surface area contributed by atoms with Crippen LogP contribution < -0.4 is 5.32 Å². The minimum absolute atomic E-state index is 0.0200. The molecule has 2 N–H and O–H groups in total. The van der Waals surface area contributed by atoms with Crippen molar-refractivity contribution >= 4 is 23.2 Å². The van der Waals surface area contributed by atoms with Crippen LogP contribution in [0.3, 0.4) is 0 Å². The molecule has 8 heteroatoms. The Labute approximate surface area is 119 Å². The van der Waals surface area contributed by atoms with Crippen molar-refractivity contribution in [2.24, 2.45) is 0 Å². The molecular formula is C13H13N3O5. The van der Waals surface area contributed by atoms with Crippen LogP contribution in [0.1, 0.15) is 5.56 Å². The highest BCUT2D eigenvalue weighted by molar-refractivity contribution is 6.17. The second kappa shape index (κ2) is 5.71. The number of aliphatic hydroxyl groups is 1. The summed E-state index contributed by atoms with van der Waals surface area (Å²) in [6.45, 7) is 1.19. The summed E-state index contributed by atoms with van der Waals surface area (Å²) < 4.78 is 0. The number of hydrogen-bond donors (Lipinski definition) is 2. The Kier molecular flexibility index (Phi) is 3.99. The van der Waals surface area contributed by atoms with Crippen LogP contribution in [-0.2, 0) is 9.59 Å². The van der Waals surface area contributed by atoms with E-state index in [1.54, 1.807) is 19.1 Å². The molecule has 110 valence electrons. The third-order valence-corrected chi connectivity index (χ3v) is 3.02. The van der Waals surface area contributed by atoms with Gasteiger partial charge < -0.3 is 10.4 Å². The summed E-state index contributed by atoms with van der Waals surface area (Å²) in [4.78, 5) is 34.7. The fourth-order valence-electron chi connectivity index (χ4n) is 1.95. The minimum atomic E-state index is -0.572. The fourth-order valence-corrected chi connectivity index (χ4v) is 1.95. The van der Waals surface area contributed by atoms with Crippen LogP contribution in [0.15, 0.2) is 30.0 Å². The van der Waals surface area contributed by atoms with Crippen molar-refractivity contribution < 1.29 is 19.6 Å². The number of nitro groups is 1. The Morgan fingerprint density at radius 2 is 2.10 bits per heavy atom. The summed E-state index contributed by atoms with van der Waals surface area (Å²) >= 11 is 0. The van der Waals surface area contributed by atoms with Gasteiger partial charge in [0.2, 0.25) is 0 Å². The van der Waals surface area contributed by atoms with E-state index in [9.17, 15) is 19.7 Å². The zero-order valence-electron chi connectivity index (χ0n) is 11.2. The molecule has 1 aromatic carbocycles. The molecule has 0 aromatic heterocycles. The molecule has 0 aliphatic carbocycles. The molecule has 1 aromatic rings. The molecule has 0 saturated heterocycles. The van der Waals surface area contributed by atoms with Crippen molar-refractivity contribution in [3.63, 3.8) is 0 Å². The number of carbonyl (C=O) groups is 2. The third kappa shape index (κ3) is 2.90. The van der Waals surface area contributed by atoms with E-state index in [0.717, 1.165) is 11.0 Å². The summed E-state index contributed by atoms with van der Waals surface area (Å²) in [7, 11) is 0. The number of aliphatic hydroxyl groups excluding tert-OH is 1. The van der Waals surface area contributed by atoms with Crippen molar-refractivity contribution in [3.8, 4) is 0 Å². The van der Waals surface area contributed by atoms with Crippen LogP contribution in [0.4, 0.5) is 11.4 Å². The lowest BCUT2D eigenvalue weighted by atomic mass is 10.2. The predicted octanol–water partition coefficient (Wildman–Crippen LogP) is 0.560. The van der Waals surface area contributed by atoms with E-state index < -0.39 is 16.7 Å². The molecule has 0 bridgehead atoms. The highest BCUT2D eigenvalue weighted by Gasteiger charge is 2.30. The van der Waals surface area contributed by atoms with E-state index in [-0.39, 0.29) is 24.5 Å². The van der Waals surface area contributed by atoms with Crippen LogP contribution >= 0.6 is 0 Å². The van der Waals surface area contributed by atoms with E-state index in [0.29, 0.717) is 11.3 Å². The van der Waals surface area contributed by atoms with Gasteiger partial charge in [0.05, 0.1) is 18.1 Å². The molecule has 1 aliphatic heterocycles. The van der Waals surface area contributed by atoms with E-state index in [1.807, 2.05) is 0 Å². The summed E-state index contributed by atoms with van der Waals surface area (Å²) in [5.74, 6) is -1.10. The number of nitro benzene ring substituents is 1. The maximum absolute atomic E-state index is 11.9. The number of aryl methyl sites for hydroxylation is 1. The number of carbonyl (C=O) groups excluding carboxylic acids is 2. The number of imide groups is 1. The number of rotatable bonds is 5. The Bertz CT molecular complexity index is 653. The number of nitrogens with one attached hydrogen (secondary N) is 1. The van der Waals surface area contributed by atoms with Gasteiger partial charge in [-0.25, -0.2) is 0 Å². The van der Waals surface area contributed by atoms with Gasteiger partial charge in [0.25, 0.3) is 17.5 Å².